The minimum Gasteiger partial charge on any atom is -0.309 e. The molecule has 0 N–H and O–H groups in total. The summed E-state index contributed by atoms with van der Waals surface area (Å²) in [6.07, 6.45) is 0. The zero-order valence-electron chi connectivity index (χ0n) is 14.0. The summed E-state index contributed by atoms with van der Waals surface area (Å²) in [6.45, 7) is 2.98. The Morgan fingerprint density at radius 3 is 2.50 bits per heavy atom. The number of hydrogen-bond acceptors (Lipinski definition) is 4. The van der Waals surface area contributed by atoms with Crippen molar-refractivity contribution in [2.24, 2.45) is 0 Å². The summed E-state index contributed by atoms with van der Waals surface area (Å²) in [4.78, 5) is 0. The van der Waals surface area contributed by atoms with Gasteiger partial charge in [-0.05, 0) is 36.8 Å². The molecule has 0 radical (unpaired) electrons. The summed E-state index contributed by atoms with van der Waals surface area (Å²) in [5.41, 5.74) is 3.50. The molecule has 0 aliphatic rings. The van der Waals surface area contributed by atoms with E-state index in [1.54, 1.807) is 11.8 Å². The van der Waals surface area contributed by atoms with Crippen molar-refractivity contribution < 1.29 is 0 Å². The van der Waals surface area contributed by atoms with Crippen molar-refractivity contribution in [1.82, 2.24) is 28.8 Å². The first-order chi connectivity index (χ1) is 12.8. The molecule has 0 amide bonds. The van der Waals surface area contributed by atoms with E-state index >= 15 is 0 Å². The first kappa shape index (κ1) is 15.9. The lowest BCUT2D eigenvalue weighted by Crippen LogP contribution is -1.96. The molecular weight excluding hydrogens is 412 g/mol. The molecule has 3 aromatic heterocycles. The Kier molecular flexibility index (Phi) is 3.75. The van der Waals surface area contributed by atoms with Crippen molar-refractivity contribution in [2.45, 2.75) is 24.4 Å². The fourth-order valence-corrected chi connectivity index (χ4v) is 4.31. The van der Waals surface area contributed by atoms with Gasteiger partial charge in [-0.25, -0.2) is 4.40 Å². The van der Waals surface area contributed by atoms with Crippen LogP contribution in [0.2, 0.25) is 0 Å². The molecule has 5 rings (SSSR count). The van der Waals surface area contributed by atoms with Crippen LogP contribution in [0.5, 0.6) is 0 Å². The van der Waals surface area contributed by atoms with E-state index in [2.05, 4.69) is 84.5 Å². The van der Waals surface area contributed by atoms with E-state index < -0.39 is 0 Å². The van der Waals surface area contributed by atoms with Crippen LogP contribution in [0.3, 0.4) is 0 Å². The summed E-state index contributed by atoms with van der Waals surface area (Å²) >= 11 is 5.11. The molecule has 0 unspecified atom stereocenters. The molecule has 6 nitrogen and oxygen atoms in total. The average Bonchev–Trinajstić information content (AvgIpc) is 3.30. The van der Waals surface area contributed by atoms with E-state index in [4.69, 9.17) is 5.10 Å². The molecule has 0 fully saturated rings. The minimum absolute atomic E-state index is 0.752. The summed E-state index contributed by atoms with van der Waals surface area (Å²) in [6, 6.07) is 16.6. The van der Waals surface area contributed by atoms with Gasteiger partial charge in [0.05, 0.1) is 11.0 Å². The number of nitrogens with zero attached hydrogens (tertiary/aromatic N) is 6. The molecule has 0 saturated carbocycles. The van der Waals surface area contributed by atoms with Crippen LogP contribution in [-0.2, 0) is 12.3 Å². The molecule has 8 heteroatoms. The smallest absolute Gasteiger partial charge is 0.260 e. The third-order valence-corrected chi connectivity index (χ3v) is 5.96. The van der Waals surface area contributed by atoms with Gasteiger partial charge in [-0.15, -0.1) is 15.3 Å². The predicted octanol–water partition coefficient (Wildman–Crippen LogP) is 4.41. The molecule has 0 aliphatic carbocycles. The Bertz CT molecular complexity index is 1230. The molecule has 2 aromatic carbocycles. The Hall–Kier alpha value is -2.32. The van der Waals surface area contributed by atoms with Gasteiger partial charge in [-0.2, -0.15) is 4.52 Å². The number of rotatable bonds is 4. The Balaban J connectivity index is 1.60. The van der Waals surface area contributed by atoms with Gasteiger partial charge in [0, 0.05) is 16.8 Å². The summed E-state index contributed by atoms with van der Waals surface area (Å²) in [5.74, 6) is 2.47. The van der Waals surface area contributed by atoms with Crippen molar-refractivity contribution in [3.8, 4) is 0 Å². The van der Waals surface area contributed by atoms with Crippen LogP contribution in [-0.4, -0.2) is 28.8 Å². The van der Waals surface area contributed by atoms with Crippen molar-refractivity contribution in [3.05, 3.63) is 58.6 Å². The van der Waals surface area contributed by atoms with Gasteiger partial charge in [-0.1, -0.05) is 52.0 Å². The van der Waals surface area contributed by atoms with Crippen LogP contribution in [0.1, 0.15) is 12.5 Å². The molecule has 0 saturated heterocycles. The zero-order valence-corrected chi connectivity index (χ0v) is 16.4. The van der Waals surface area contributed by atoms with Crippen LogP contribution in [0, 0.1) is 0 Å². The predicted molar refractivity (Wildman–Crippen MR) is 107 cm³/mol. The van der Waals surface area contributed by atoms with Gasteiger partial charge in [0.15, 0.2) is 0 Å². The SMILES string of the molecule is CCn1c2ccccc2n2c1nn1c(SCc3ccc(Br)cc3)nnc12. The maximum Gasteiger partial charge on any atom is 0.260 e. The third kappa shape index (κ3) is 2.36. The number of hydrogen-bond donors (Lipinski definition) is 0. The number of aromatic nitrogens is 6. The number of thioether (sulfide) groups is 1. The molecule has 26 heavy (non-hydrogen) atoms. The average molecular weight is 427 g/mol. The maximum absolute atomic E-state index is 4.80. The number of benzene rings is 2. The topological polar surface area (TPSA) is 52.4 Å². The number of aryl methyl sites for hydroxylation is 1. The normalized spacial score (nSPS) is 11.9. The van der Waals surface area contributed by atoms with Gasteiger partial charge in [0.1, 0.15) is 0 Å². The molecule has 0 atom stereocenters. The molecule has 0 spiro atoms. The number of halogens is 1. The largest absolute Gasteiger partial charge is 0.309 e. The summed E-state index contributed by atoms with van der Waals surface area (Å²) in [5, 5.41) is 14.4. The van der Waals surface area contributed by atoms with E-state index in [0.29, 0.717) is 0 Å². The zero-order chi connectivity index (χ0) is 17.7. The Morgan fingerprint density at radius 2 is 1.73 bits per heavy atom. The lowest BCUT2D eigenvalue weighted by Gasteiger charge is -2.00. The van der Waals surface area contributed by atoms with Gasteiger partial charge >= 0.3 is 0 Å². The number of para-hydroxylation sites is 2. The summed E-state index contributed by atoms with van der Waals surface area (Å²) in [7, 11) is 0. The second-order valence-electron chi connectivity index (χ2n) is 5.98. The third-order valence-electron chi connectivity index (χ3n) is 4.44. The number of fused-ring (bicyclic) bond motifs is 5. The van der Waals surface area contributed by atoms with Crippen molar-refractivity contribution >= 4 is 50.3 Å². The highest BCUT2D eigenvalue weighted by Crippen LogP contribution is 2.26. The van der Waals surface area contributed by atoms with Crippen molar-refractivity contribution in [2.75, 3.05) is 0 Å². The lowest BCUT2D eigenvalue weighted by molar-refractivity contribution is 0.773. The molecule has 130 valence electrons. The molecule has 0 bridgehead atoms. The van der Waals surface area contributed by atoms with Crippen molar-refractivity contribution in [3.63, 3.8) is 0 Å². The highest BCUT2D eigenvalue weighted by atomic mass is 79.9. The molecule has 3 heterocycles. The fraction of sp³-hybridized carbons (Fsp3) is 0.167. The van der Waals surface area contributed by atoms with Crippen LogP contribution in [0.15, 0.2) is 58.2 Å². The Labute approximate surface area is 162 Å². The quantitative estimate of drug-likeness (QED) is 0.399. The highest BCUT2D eigenvalue weighted by molar-refractivity contribution is 9.10. The van der Waals surface area contributed by atoms with Crippen LogP contribution in [0.4, 0.5) is 0 Å². The first-order valence-corrected chi connectivity index (χ1v) is 10.1. The van der Waals surface area contributed by atoms with Crippen molar-refractivity contribution in [1.29, 1.82) is 0 Å². The van der Waals surface area contributed by atoms with E-state index in [1.807, 2.05) is 10.6 Å². The maximum atomic E-state index is 4.80. The molecule has 0 aliphatic heterocycles. The van der Waals surface area contributed by atoms with E-state index in [0.717, 1.165) is 44.5 Å². The minimum atomic E-state index is 0.752. The second kappa shape index (κ2) is 6.14. The van der Waals surface area contributed by atoms with E-state index in [-0.39, 0.29) is 0 Å². The summed E-state index contributed by atoms with van der Waals surface area (Å²) < 4.78 is 7.21. The Morgan fingerprint density at radius 1 is 0.962 bits per heavy atom. The standard InChI is InChI=1S/C18H15BrN6S/c1-2-23-14-5-3-4-6-15(14)24-16-20-21-18(25(16)22-17(23)24)26-11-12-7-9-13(19)10-8-12/h3-10H,2,11H2,1H3. The molecule has 5 aromatic rings. The highest BCUT2D eigenvalue weighted by Gasteiger charge is 2.19. The fourth-order valence-electron chi connectivity index (χ4n) is 3.22. The molecular formula is C18H15BrN6S. The van der Waals surface area contributed by atoms with E-state index in [9.17, 15) is 0 Å². The first-order valence-electron chi connectivity index (χ1n) is 8.34. The monoisotopic (exact) mass is 426 g/mol. The van der Waals surface area contributed by atoms with Gasteiger partial charge in [-0.3, -0.25) is 0 Å². The van der Waals surface area contributed by atoms with Gasteiger partial charge < -0.3 is 4.57 Å². The van der Waals surface area contributed by atoms with Crippen LogP contribution < -0.4 is 0 Å². The van der Waals surface area contributed by atoms with Gasteiger partial charge in [0.25, 0.3) is 5.78 Å². The van der Waals surface area contributed by atoms with Gasteiger partial charge in [0.2, 0.25) is 10.9 Å². The van der Waals surface area contributed by atoms with Crippen LogP contribution >= 0.6 is 27.7 Å². The van der Waals surface area contributed by atoms with E-state index in [1.165, 1.54) is 5.56 Å². The lowest BCUT2D eigenvalue weighted by atomic mass is 10.2. The second-order valence-corrected chi connectivity index (χ2v) is 7.84. The number of imidazole rings is 1. The van der Waals surface area contributed by atoms with Crippen LogP contribution in [0.25, 0.3) is 22.6 Å².